The topological polar surface area (TPSA) is 0 Å². The molecule has 0 amide bonds. The molecule has 2 heteroatoms. The molecule has 3 aromatic rings. The Morgan fingerprint density at radius 2 is 1.48 bits per heavy atom. The molecule has 0 radical (unpaired) electrons. The average molecular weight is 613 g/mol. The van der Waals surface area contributed by atoms with Crippen LogP contribution in [0, 0.1) is 0 Å². The fourth-order valence-corrected chi connectivity index (χ4v) is 15.6. The van der Waals surface area contributed by atoms with Gasteiger partial charge in [0.15, 0.2) is 0 Å². The summed E-state index contributed by atoms with van der Waals surface area (Å²) in [7, 11) is -0.524. The molecule has 0 bridgehead atoms. The number of rotatable bonds is 8. The minimum atomic E-state index is -1.13. The summed E-state index contributed by atoms with van der Waals surface area (Å²) in [6.07, 6.45) is 10.2. The van der Waals surface area contributed by atoms with Gasteiger partial charge in [-0.2, -0.15) is 0 Å². The van der Waals surface area contributed by atoms with Crippen LogP contribution in [0.25, 0.3) is 6.08 Å². The van der Waals surface area contributed by atoms with Gasteiger partial charge in [-0.1, -0.05) is 0 Å². The number of unbranched alkanes of at least 4 members (excludes halogenated alkanes) is 1. The Labute approximate surface area is 211 Å². The zero-order valence-corrected chi connectivity index (χ0v) is 24.1. The number of fused-ring (bicyclic) bond motifs is 1. The molecule has 1 atom stereocenters. The Morgan fingerprint density at radius 3 is 2.15 bits per heavy atom. The molecule has 0 nitrogen and oxygen atoms in total. The molecule has 5 rings (SSSR count). The van der Waals surface area contributed by atoms with Crippen molar-refractivity contribution in [3.05, 3.63) is 122 Å². The normalized spacial score (nSPS) is 17.2. The third-order valence-electron chi connectivity index (χ3n) is 6.74. The standard InChI is InChI=1S/C21H16P.C10H15.Hf/c1-3-11-19(12-4-1)22(20-13-5-2-6-14-20)21-15-17-9-7-8-10-18(17)16-21;1-3-4-7-10-8-5-6-9(10)2;/h1-16H;6H,3-5,7H2,1-2H3;. The maximum absolute atomic E-state index is 2.57. The van der Waals surface area contributed by atoms with Crippen LogP contribution >= 0.6 is 7.92 Å². The van der Waals surface area contributed by atoms with E-state index < -0.39 is 30.8 Å². The molecule has 0 fully saturated rings. The van der Waals surface area contributed by atoms with Crippen LogP contribution in [-0.2, 0) is 22.9 Å². The van der Waals surface area contributed by atoms with Crippen molar-refractivity contribution in [3.8, 4) is 0 Å². The number of hydrogen-bond donors (Lipinski definition) is 0. The van der Waals surface area contributed by atoms with Crippen LogP contribution in [0.1, 0.15) is 54.3 Å². The summed E-state index contributed by atoms with van der Waals surface area (Å²) in [5.74, 6) is 0. The molecule has 2 aliphatic carbocycles. The second-order valence-electron chi connectivity index (χ2n) is 8.93. The Bertz CT molecular complexity index is 1160. The van der Waals surface area contributed by atoms with E-state index in [-0.39, 0.29) is 0 Å². The average Bonchev–Trinajstić information content (AvgIpc) is 3.39. The first kappa shape index (κ1) is 22.9. The predicted molar refractivity (Wildman–Crippen MR) is 141 cm³/mol. The molecule has 0 aliphatic heterocycles. The van der Waals surface area contributed by atoms with Crippen LogP contribution in [-0.4, -0.2) is 0 Å². The fraction of sp³-hybridized carbons (Fsp3) is 0.226. The van der Waals surface area contributed by atoms with Gasteiger partial charge in [0.1, 0.15) is 0 Å². The van der Waals surface area contributed by atoms with Gasteiger partial charge in [-0.15, -0.1) is 0 Å². The number of hydrogen-bond acceptors (Lipinski definition) is 0. The van der Waals surface area contributed by atoms with Crippen LogP contribution in [0.15, 0.2) is 111 Å². The summed E-state index contributed by atoms with van der Waals surface area (Å²) < 4.78 is 2.52. The van der Waals surface area contributed by atoms with E-state index in [2.05, 4.69) is 111 Å². The van der Waals surface area contributed by atoms with Crippen molar-refractivity contribution in [2.75, 3.05) is 0 Å². The SMILES string of the molecule is CCCCC1=[C]([Hf][CH]2C(P(c3ccccc3)c3ccccc3)=Cc3ccccc32)CC=C1C. The van der Waals surface area contributed by atoms with E-state index in [9.17, 15) is 0 Å². The second kappa shape index (κ2) is 10.6. The van der Waals surface area contributed by atoms with Gasteiger partial charge < -0.3 is 0 Å². The summed E-state index contributed by atoms with van der Waals surface area (Å²) in [5, 5.41) is 4.65. The quantitative estimate of drug-likeness (QED) is 0.178. The van der Waals surface area contributed by atoms with Crippen LogP contribution in [0.3, 0.4) is 0 Å². The molecular formula is C31H31HfP. The molecule has 0 N–H and O–H groups in total. The van der Waals surface area contributed by atoms with Crippen molar-refractivity contribution in [2.24, 2.45) is 0 Å². The van der Waals surface area contributed by atoms with Gasteiger partial charge in [-0.05, 0) is 0 Å². The van der Waals surface area contributed by atoms with Gasteiger partial charge >= 0.3 is 213 Å². The number of benzene rings is 3. The van der Waals surface area contributed by atoms with E-state index in [1.54, 1.807) is 22.0 Å². The molecular weight excluding hydrogens is 582 g/mol. The third kappa shape index (κ3) is 4.87. The minimum absolute atomic E-state index is 0.524. The van der Waals surface area contributed by atoms with Crippen molar-refractivity contribution < 1.29 is 22.9 Å². The number of allylic oxidation sites excluding steroid dienone is 5. The van der Waals surface area contributed by atoms with E-state index in [1.807, 2.05) is 3.33 Å². The van der Waals surface area contributed by atoms with Gasteiger partial charge in [0, 0.05) is 0 Å². The molecule has 3 aromatic carbocycles. The van der Waals surface area contributed by atoms with E-state index >= 15 is 0 Å². The van der Waals surface area contributed by atoms with Gasteiger partial charge in [-0.3, -0.25) is 0 Å². The van der Waals surface area contributed by atoms with Gasteiger partial charge in [0.2, 0.25) is 0 Å². The fourth-order valence-electron chi connectivity index (χ4n) is 5.02. The molecule has 2 aliphatic rings. The Kier molecular flexibility index (Phi) is 7.39. The first-order chi connectivity index (χ1) is 16.3. The van der Waals surface area contributed by atoms with Gasteiger partial charge in [0.25, 0.3) is 0 Å². The van der Waals surface area contributed by atoms with Crippen molar-refractivity contribution >= 4 is 24.6 Å². The summed E-state index contributed by atoms with van der Waals surface area (Å²) in [6.45, 7) is 4.67. The van der Waals surface area contributed by atoms with Crippen LogP contribution in [0.4, 0.5) is 0 Å². The molecule has 0 heterocycles. The predicted octanol–water partition coefficient (Wildman–Crippen LogP) is 8.09. The molecule has 0 saturated carbocycles. The van der Waals surface area contributed by atoms with Crippen LogP contribution in [0.2, 0.25) is 0 Å². The monoisotopic (exact) mass is 614 g/mol. The molecule has 1 unspecified atom stereocenters. The van der Waals surface area contributed by atoms with Crippen LogP contribution < -0.4 is 10.6 Å². The van der Waals surface area contributed by atoms with Crippen molar-refractivity contribution in [1.29, 1.82) is 0 Å². The third-order valence-corrected chi connectivity index (χ3v) is 16.5. The summed E-state index contributed by atoms with van der Waals surface area (Å²) in [6, 6.07) is 31.8. The van der Waals surface area contributed by atoms with Gasteiger partial charge in [-0.25, -0.2) is 0 Å². The van der Waals surface area contributed by atoms with E-state index in [0.717, 1.165) is 0 Å². The summed E-state index contributed by atoms with van der Waals surface area (Å²) in [5.41, 5.74) is 6.36. The molecule has 33 heavy (non-hydrogen) atoms. The summed E-state index contributed by atoms with van der Waals surface area (Å²) >= 11 is -1.13. The Balaban J connectivity index is 1.59. The Hall–Kier alpha value is -1.82. The Morgan fingerprint density at radius 1 is 0.848 bits per heavy atom. The van der Waals surface area contributed by atoms with Gasteiger partial charge in [0.05, 0.1) is 0 Å². The first-order valence-electron chi connectivity index (χ1n) is 12.1. The molecule has 0 aromatic heterocycles. The second-order valence-corrected chi connectivity index (χ2v) is 16.4. The van der Waals surface area contributed by atoms with E-state index in [0.29, 0.717) is 3.67 Å². The van der Waals surface area contributed by atoms with Crippen molar-refractivity contribution in [3.63, 3.8) is 0 Å². The zero-order valence-electron chi connectivity index (χ0n) is 19.6. The van der Waals surface area contributed by atoms with Crippen molar-refractivity contribution in [2.45, 2.75) is 43.2 Å². The zero-order chi connectivity index (χ0) is 22.6. The van der Waals surface area contributed by atoms with Crippen molar-refractivity contribution in [1.82, 2.24) is 0 Å². The summed E-state index contributed by atoms with van der Waals surface area (Å²) in [4.78, 5) is 0. The molecule has 164 valence electrons. The molecule has 0 saturated heterocycles. The first-order valence-corrected chi connectivity index (χ1v) is 17.3. The maximum atomic E-state index is 2.57. The van der Waals surface area contributed by atoms with Crippen LogP contribution in [0.5, 0.6) is 0 Å². The van der Waals surface area contributed by atoms with E-state index in [1.165, 1.54) is 41.9 Å². The van der Waals surface area contributed by atoms with E-state index in [4.69, 9.17) is 0 Å². The molecule has 0 spiro atoms.